The third-order valence-electron chi connectivity index (χ3n) is 3.34. The number of hydrogen-bond donors (Lipinski definition) is 3. The van der Waals surface area contributed by atoms with Crippen molar-refractivity contribution in [1.82, 2.24) is 0 Å². The quantitative estimate of drug-likeness (QED) is 0.784. The van der Waals surface area contributed by atoms with Crippen LogP contribution in [0.25, 0.3) is 0 Å². The van der Waals surface area contributed by atoms with E-state index >= 15 is 0 Å². The molecule has 4 nitrogen and oxygen atoms in total. The molecule has 0 fully saturated rings. The van der Waals surface area contributed by atoms with Gasteiger partial charge in [0, 0.05) is 0 Å². The van der Waals surface area contributed by atoms with Crippen LogP contribution in [0.15, 0.2) is 48.5 Å². The second-order valence-electron chi connectivity index (χ2n) is 4.86. The fraction of sp³-hybridized carbons (Fsp3) is 0.250. The lowest BCUT2D eigenvalue weighted by molar-refractivity contribution is 0.223. The monoisotopic (exact) mass is 273 g/mol. The van der Waals surface area contributed by atoms with Crippen molar-refractivity contribution in [3.8, 4) is 11.5 Å². The molecule has 0 aromatic heterocycles. The van der Waals surface area contributed by atoms with E-state index in [-0.39, 0.29) is 12.4 Å². The fourth-order valence-electron chi connectivity index (χ4n) is 2.08. The molecule has 1 unspecified atom stereocenters. The van der Waals surface area contributed by atoms with Gasteiger partial charge in [-0.25, -0.2) is 0 Å². The van der Waals surface area contributed by atoms with E-state index in [0.717, 1.165) is 11.3 Å². The third-order valence-corrected chi connectivity index (χ3v) is 3.34. The van der Waals surface area contributed by atoms with Crippen LogP contribution in [-0.4, -0.2) is 23.9 Å². The second kappa shape index (κ2) is 5.84. The van der Waals surface area contributed by atoms with Crippen LogP contribution in [0, 0.1) is 0 Å². The third kappa shape index (κ3) is 2.86. The molecule has 106 valence electrons. The largest absolute Gasteiger partial charge is 0.508 e. The van der Waals surface area contributed by atoms with E-state index in [1.807, 2.05) is 31.2 Å². The number of methoxy groups -OCH3 is 1. The lowest BCUT2D eigenvalue weighted by Gasteiger charge is -2.31. The van der Waals surface area contributed by atoms with Gasteiger partial charge in [0.15, 0.2) is 0 Å². The van der Waals surface area contributed by atoms with Crippen molar-refractivity contribution in [3.63, 3.8) is 0 Å². The van der Waals surface area contributed by atoms with Crippen LogP contribution < -0.4 is 10.1 Å². The van der Waals surface area contributed by atoms with Gasteiger partial charge in [0.2, 0.25) is 0 Å². The first-order valence-corrected chi connectivity index (χ1v) is 6.40. The van der Waals surface area contributed by atoms with Gasteiger partial charge in [0.25, 0.3) is 0 Å². The van der Waals surface area contributed by atoms with Crippen LogP contribution in [0.4, 0.5) is 5.69 Å². The van der Waals surface area contributed by atoms with Crippen molar-refractivity contribution in [2.24, 2.45) is 0 Å². The van der Waals surface area contributed by atoms with Crippen molar-refractivity contribution < 1.29 is 14.9 Å². The summed E-state index contributed by atoms with van der Waals surface area (Å²) in [6, 6.07) is 14.3. The first-order valence-electron chi connectivity index (χ1n) is 6.40. The zero-order valence-electron chi connectivity index (χ0n) is 11.6. The maximum atomic E-state index is 9.77. The number of phenolic OH excluding ortho intramolecular Hbond substituents is 1. The van der Waals surface area contributed by atoms with E-state index in [1.54, 1.807) is 31.4 Å². The van der Waals surface area contributed by atoms with E-state index in [4.69, 9.17) is 4.74 Å². The predicted molar refractivity (Wildman–Crippen MR) is 79.2 cm³/mol. The number of ether oxygens (including phenoxy) is 1. The fourth-order valence-corrected chi connectivity index (χ4v) is 2.08. The SMILES string of the molecule is COc1ccccc1NC(C)(CO)c1ccc(O)cc1. The normalized spacial score (nSPS) is 13.6. The molecule has 0 aliphatic rings. The summed E-state index contributed by atoms with van der Waals surface area (Å²) in [5.41, 5.74) is 1.02. The van der Waals surface area contributed by atoms with E-state index in [9.17, 15) is 10.2 Å². The second-order valence-corrected chi connectivity index (χ2v) is 4.86. The first-order chi connectivity index (χ1) is 9.59. The Morgan fingerprint density at radius 1 is 1.10 bits per heavy atom. The zero-order valence-corrected chi connectivity index (χ0v) is 11.6. The number of hydrogen-bond acceptors (Lipinski definition) is 4. The summed E-state index contributed by atoms with van der Waals surface area (Å²) in [7, 11) is 1.61. The van der Waals surface area contributed by atoms with Gasteiger partial charge in [-0.3, -0.25) is 0 Å². The smallest absolute Gasteiger partial charge is 0.141 e. The summed E-state index contributed by atoms with van der Waals surface area (Å²) in [6.45, 7) is 1.81. The van der Waals surface area contributed by atoms with Crippen molar-refractivity contribution in [2.45, 2.75) is 12.5 Å². The van der Waals surface area contributed by atoms with Crippen molar-refractivity contribution in [2.75, 3.05) is 19.0 Å². The standard InChI is InChI=1S/C16H19NO3/c1-16(11-18,12-7-9-13(19)10-8-12)17-14-5-3-4-6-15(14)20-2/h3-10,17-19H,11H2,1-2H3. The number of nitrogens with one attached hydrogen (secondary N) is 1. The Morgan fingerprint density at radius 2 is 1.75 bits per heavy atom. The van der Waals surface area contributed by atoms with Gasteiger partial charge in [0.1, 0.15) is 11.5 Å². The molecule has 0 heterocycles. The highest BCUT2D eigenvalue weighted by Gasteiger charge is 2.26. The molecule has 0 saturated heterocycles. The minimum Gasteiger partial charge on any atom is -0.508 e. The Hall–Kier alpha value is -2.20. The molecule has 2 aromatic carbocycles. The average Bonchev–Trinajstić information content (AvgIpc) is 2.48. The number of aliphatic hydroxyl groups excluding tert-OH is 1. The maximum Gasteiger partial charge on any atom is 0.141 e. The molecule has 1 atom stereocenters. The van der Waals surface area contributed by atoms with Crippen molar-refractivity contribution >= 4 is 5.69 Å². The highest BCUT2D eigenvalue weighted by Crippen LogP contribution is 2.31. The summed E-state index contributed by atoms with van der Waals surface area (Å²) in [6.07, 6.45) is 0. The number of anilines is 1. The van der Waals surface area contributed by atoms with E-state index < -0.39 is 5.54 Å². The van der Waals surface area contributed by atoms with Gasteiger partial charge < -0.3 is 20.3 Å². The van der Waals surface area contributed by atoms with Crippen molar-refractivity contribution in [1.29, 1.82) is 0 Å². The van der Waals surface area contributed by atoms with E-state index in [1.165, 1.54) is 0 Å². The van der Waals surface area contributed by atoms with Crippen LogP contribution in [0.1, 0.15) is 12.5 Å². The Balaban J connectivity index is 2.34. The molecule has 3 N–H and O–H groups in total. The zero-order chi connectivity index (χ0) is 14.6. The average molecular weight is 273 g/mol. The van der Waals surface area contributed by atoms with Gasteiger partial charge in [-0.2, -0.15) is 0 Å². The van der Waals surface area contributed by atoms with Crippen LogP contribution in [-0.2, 0) is 5.54 Å². The number of benzene rings is 2. The number of aliphatic hydroxyl groups is 1. The van der Waals surface area contributed by atoms with Gasteiger partial charge in [-0.1, -0.05) is 24.3 Å². The number of para-hydroxylation sites is 2. The molecule has 2 aromatic rings. The minimum atomic E-state index is -0.664. The molecular formula is C16H19NO3. The molecule has 0 saturated carbocycles. The summed E-state index contributed by atoms with van der Waals surface area (Å²) in [4.78, 5) is 0. The molecule has 0 radical (unpaired) electrons. The van der Waals surface area contributed by atoms with Crippen LogP contribution >= 0.6 is 0 Å². The van der Waals surface area contributed by atoms with E-state index in [0.29, 0.717) is 5.75 Å². The van der Waals surface area contributed by atoms with Crippen molar-refractivity contribution in [3.05, 3.63) is 54.1 Å². The lowest BCUT2D eigenvalue weighted by Crippen LogP contribution is -2.35. The number of rotatable bonds is 5. The Bertz CT molecular complexity index is 568. The lowest BCUT2D eigenvalue weighted by atomic mass is 9.92. The Kier molecular flexibility index (Phi) is 4.15. The minimum absolute atomic E-state index is 0.0875. The molecule has 0 bridgehead atoms. The first kappa shape index (κ1) is 14.2. The van der Waals surface area contributed by atoms with Crippen LogP contribution in [0.5, 0.6) is 11.5 Å². The molecule has 0 aliphatic heterocycles. The molecule has 2 rings (SSSR count). The number of phenols is 1. The van der Waals surface area contributed by atoms with Crippen LogP contribution in [0.3, 0.4) is 0 Å². The Labute approximate surface area is 118 Å². The van der Waals surface area contributed by atoms with Gasteiger partial charge in [-0.15, -0.1) is 0 Å². The van der Waals surface area contributed by atoms with E-state index in [2.05, 4.69) is 5.32 Å². The molecular weight excluding hydrogens is 254 g/mol. The molecule has 4 heteroatoms. The molecule has 0 spiro atoms. The molecule has 0 amide bonds. The van der Waals surface area contributed by atoms with Gasteiger partial charge in [0.05, 0.1) is 24.9 Å². The molecule has 0 aliphatic carbocycles. The summed E-state index contributed by atoms with van der Waals surface area (Å²) in [5.74, 6) is 0.914. The highest BCUT2D eigenvalue weighted by molar-refractivity contribution is 5.58. The number of aromatic hydroxyl groups is 1. The topological polar surface area (TPSA) is 61.7 Å². The van der Waals surface area contributed by atoms with Gasteiger partial charge in [-0.05, 0) is 36.8 Å². The predicted octanol–water partition coefficient (Wildman–Crippen LogP) is 2.72. The summed E-state index contributed by atoms with van der Waals surface area (Å²) >= 11 is 0. The maximum absolute atomic E-state index is 9.77. The highest BCUT2D eigenvalue weighted by atomic mass is 16.5. The van der Waals surface area contributed by atoms with Gasteiger partial charge >= 0.3 is 0 Å². The summed E-state index contributed by atoms with van der Waals surface area (Å²) < 4.78 is 5.31. The summed E-state index contributed by atoms with van der Waals surface area (Å²) in [5, 5.41) is 22.4. The van der Waals surface area contributed by atoms with Crippen LogP contribution in [0.2, 0.25) is 0 Å². The Morgan fingerprint density at radius 3 is 2.35 bits per heavy atom. The molecule has 20 heavy (non-hydrogen) atoms.